The maximum Gasteiger partial charge on any atom is 0.129 e. The van der Waals surface area contributed by atoms with Crippen molar-refractivity contribution in [3.05, 3.63) is 0 Å². The van der Waals surface area contributed by atoms with Crippen LogP contribution in [-0.2, 0) is 0 Å². The summed E-state index contributed by atoms with van der Waals surface area (Å²) < 4.78 is 0.962. The average molecular weight is 195 g/mol. The van der Waals surface area contributed by atoms with Gasteiger partial charge in [0.05, 0.1) is 20.6 Å². The molecule has 0 radical (unpaired) electrons. The van der Waals surface area contributed by atoms with Crippen LogP contribution >= 0.6 is 0 Å². The lowest BCUT2D eigenvalue weighted by Gasteiger charge is -2.27. The number of nitrogens with zero attached hydrogens (tertiary/aromatic N) is 1. The molecule has 0 atom stereocenters. The van der Waals surface area contributed by atoms with Gasteiger partial charge in [-0.1, -0.05) is 19.8 Å². The zero-order valence-corrected chi connectivity index (χ0v) is 9.40. The third kappa shape index (κ3) is 8.31. The highest BCUT2D eigenvalue weighted by Crippen LogP contribution is 2.03. The van der Waals surface area contributed by atoms with E-state index in [1.165, 1.54) is 32.2 Å². The maximum absolute atomic E-state index is 5.59. The second-order valence-electron chi connectivity index (χ2n) is 3.90. The monoisotopic (exact) mass is 194 g/mol. The molecule has 0 heterocycles. The van der Waals surface area contributed by atoms with E-state index in [0.29, 0.717) is 0 Å². The Labute approximate surface area is 83.1 Å². The average Bonchev–Trinajstić information content (AvgIpc) is 1.99. The van der Waals surface area contributed by atoms with E-state index in [4.69, 9.17) is 5.73 Å². The van der Waals surface area contributed by atoms with Crippen LogP contribution in [0.3, 0.4) is 0 Å². The largest absolute Gasteiger partial charge is 1.00 e. The van der Waals surface area contributed by atoms with E-state index in [2.05, 4.69) is 21.0 Å². The molecule has 0 fully saturated rings. The smallest absolute Gasteiger partial charge is 0.129 e. The zero-order valence-electron chi connectivity index (χ0n) is 8.65. The first-order valence-corrected chi connectivity index (χ1v) is 4.64. The Balaban J connectivity index is 0. The molecule has 0 amide bonds. The second kappa shape index (κ2) is 7.84. The van der Waals surface area contributed by atoms with Gasteiger partial charge < -0.3 is 16.9 Å². The molecular formula is C9H23ClN2. The van der Waals surface area contributed by atoms with Crippen LogP contribution in [0, 0.1) is 0 Å². The van der Waals surface area contributed by atoms with Crippen molar-refractivity contribution in [2.45, 2.75) is 32.6 Å². The van der Waals surface area contributed by atoms with Gasteiger partial charge in [-0.2, -0.15) is 0 Å². The molecule has 0 aromatic rings. The van der Waals surface area contributed by atoms with E-state index in [-0.39, 0.29) is 12.4 Å². The third-order valence-electron chi connectivity index (χ3n) is 2.11. The van der Waals surface area contributed by atoms with Crippen LogP contribution in [0.2, 0.25) is 0 Å². The van der Waals surface area contributed by atoms with Gasteiger partial charge in [-0.25, -0.2) is 0 Å². The first-order chi connectivity index (χ1) is 5.12. The fourth-order valence-electron chi connectivity index (χ4n) is 1.06. The number of nitrogens with two attached hydrogens (primary N) is 1. The highest BCUT2D eigenvalue weighted by atomic mass is 35.5. The van der Waals surface area contributed by atoms with Crippen molar-refractivity contribution >= 4 is 0 Å². The predicted molar refractivity (Wildman–Crippen MR) is 50.2 cm³/mol. The fourth-order valence-corrected chi connectivity index (χ4v) is 1.06. The van der Waals surface area contributed by atoms with Crippen molar-refractivity contribution in [3.8, 4) is 0 Å². The van der Waals surface area contributed by atoms with Crippen LogP contribution in [0.1, 0.15) is 32.6 Å². The topological polar surface area (TPSA) is 26.0 Å². The summed E-state index contributed by atoms with van der Waals surface area (Å²) >= 11 is 0. The molecule has 0 rings (SSSR count). The molecule has 0 saturated carbocycles. The van der Waals surface area contributed by atoms with Gasteiger partial charge in [0.1, 0.15) is 6.67 Å². The van der Waals surface area contributed by atoms with Crippen molar-refractivity contribution < 1.29 is 16.9 Å². The van der Waals surface area contributed by atoms with Crippen LogP contribution in [0.5, 0.6) is 0 Å². The summed E-state index contributed by atoms with van der Waals surface area (Å²) in [6.07, 6.45) is 5.36. The Morgan fingerprint density at radius 1 is 1.08 bits per heavy atom. The molecule has 0 aliphatic carbocycles. The van der Waals surface area contributed by atoms with Gasteiger partial charge >= 0.3 is 0 Å². The van der Waals surface area contributed by atoms with Gasteiger partial charge in [-0.3, -0.25) is 5.73 Å². The van der Waals surface area contributed by atoms with Crippen LogP contribution in [0.15, 0.2) is 0 Å². The number of rotatable bonds is 6. The number of hydrogen-bond donors (Lipinski definition) is 1. The van der Waals surface area contributed by atoms with Crippen molar-refractivity contribution in [3.63, 3.8) is 0 Å². The minimum atomic E-state index is 0. The van der Waals surface area contributed by atoms with E-state index in [1.54, 1.807) is 0 Å². The normalized spacial score (nSPS) is 11.0. The Morgan fingerprint density at radius 2 is 1.67 bits per heavy atom. The lowest BCUT2D eigenvalue weighted by atomic mass is 10.2. The standard InChI is InChI=1S/C9H23N2.ClH/c1-4-5-6-7-8-11(2,3)9-10;/h4-10H2,1-3H3;1H/q+1;/p-1. The van der Waals surface area contributed by atoms with Crippen molar-refractivity contribution in [2.75, 3.05) is 27.3 Å². The summed E-state index contributed by atoms with van der Waals surface area (Å²) in [6, 6.07) is 0. The lowest BCUT2D eigenvalue weighted by molar-refractivity contribution is -0.890. The maximum atomic E-state index is 5.59. The van der Waals surface area contributed by atoms with Crippen molar-refractivity contribution in [1.82, 2.24) is 0 Å². The third-order valence-corrected chi connectivity index (χ3v) is 2.11. The van der Waals surface area contributed by atoms with Gasteiger partial charge in [0.25, 0.3) is 0 Å². The van der Waals surface area contributed by atoms with Crippen LogP contribution in [-0.4, -0.2) is 31.8 Å². The molecule has 2 nitrogen and oxygen atoms in total. The van der Waals surface area contributed by atoms with Gasteiger partial charge in [0.15, 0.2) is 0 Å². The molecule has 3 heteroatoms. The van der Waals surface area contributed by atoms with E-state index in [0.717, 1.165) is 11.2 Å². The minimum absolute atomic E-state index is 0. The van der Waals surface area contributed by atoms with E-state index in [1.807, 2.05) is 0 Å². The zero-order chi connectivity index (χ0) is 8.74. The quantitative estimate of drug-likeness (QED) is 0.313. The molecule has 0 spiro atoms. The van der Waals surface area contributed by atoms with E-state index >= 15 is 0 Å². The number of hydrogen-bond acceptors (Lipinski definition) is 1. The van der Waals surface area contributed by atoms with Gasteiger partial charge in [-0.05, 0) is 12.8 Å². The van der Waals surface area contributed by atoms with E-state index in [9.17, 15) is 0 Å². The minimum Gasteiger partial charge on any atom is -1.00 e. The van der Waals surface area contributed by atoms with Crippen LogP contribution in [0.25, 0.3) is 0 Å². The first-order valence-electron chi connectivity index (χ1n) is 4.64. The molecule has 12 heavy (non-hydrogen) atoms. The Kier molecular flexibility index (Phi) is 9.61. The molecule has 0 aliphatic heterocycles. The summed E-state index contributed by atoms with van der Waals surface area (Å²) in [5, 5.41) is 0. The van der Waals surface area contributed by atoms with Crippen molar-refractivity contribution in [1.29, 1.82) is 0 Å². The molecule has 0 aliphatic rings. The Morgan fingerprint density at radius 3 is 2.08 bits per heavy atom. The number of unbranched alkanes of at least 4 members (excludes halogenated alkanes) is 3. The highest BCUT2D eigenvalue weighted by molar-refractivity contribution is 4.39. The Hall–Kier alpha value is 0.210. The molecule has 0 unspecified atom stereocenters. The molecule has 0 bridgehead atoms. The van der Waals surface area contributed by atoms with Gasteiger partial charge in [-0.15, -0.1) is 0 Å². The fraction of sp³-hybridized carbons (Fsp3) is 1.00. The summed E-state index contributed by atoms with van der Waals surface area (Å²) in [5.74, 6) is 0. The lowest BCUT2D eigenvalue weighted by Crippen LogP contribution is -3.00. The predicted octanol–water partition coefficient (Wildman–Crippen LogP) is -1.44. The summed E-state index contributed by atoms with van der Waals surface area (Å²) in [6.45, 7) is 4.21. The number of halogens is 1. The SMILES string of the molecule is CCCCCC[N+](C)(C)CN.[Cl-]. The molecular weight excluding hydrogens is 172 g/mol. The van der Waals surface area contributed by atoms with Crippen LogP contribution in [0.4, 0.5) is 0 Å². The molecule has 0 aromatic carbocycles. The highest BCUT2D eigenvalue weighted by Gasteiger charge is 2.09. The molecule has 76 valence electrons. The van der Waals surface area contributed by atoms with Crippen molar-refractivity contribution in [2.24, 2.45) is 5.73 Å². The molecule has 0 aromatic heterocycles. The van der Waals surface area contributed by atoms with Gasteiger partial charge in [0, 0.05) is 0 Å². The Bertz CT molecular complexity index is 94.5. The second-order valence-corrected chi connectivity index (χ2v) is 3.90. The summed E-state index contributed by atoms with van der Waals surface area (Å²) in [5.41, 5.74) is 5.59. The number of quaternary nitrogens is 1. The summed E-state index contributed by atoms with van der Waals surface area (Å²) in [7, 11) is 4.37. The first kappa shape index (κ1) is 14.7. The van der Waals surface area contributed by atoms with Crippen LogP contribution < -0.4 is 18.1 Å². The summed E-state index contributed by atoms with van der Waals surface area (Å²) in [4.78, 5) is 0. The molecule has 2 N–H and O–H groups in total. The van der Waals surface area contributed by atoms with Gasteiger partial charge in [0.2, 0.25) is 0 Å². The molecule has 0 saturated heterocycles. The van der Waals surface area contributed by atoms with E-state index < -0.39 is 0 Å².